The van der Waals surface area contributed by atoms with E-state index in [1.165, 1.54) is 0 Å². The molecule has 1 aliphatic heterocycles. The van der Waals surface area contributed by atoms with Crippen LogP contribution in [0.3, 0.4) is 0 Å². The number of benzene rings is 1. The van der Waals surface area contributed by atoms with Crippen LogP contribution in [0.15, 0.2) is 51.5 Å². The molecule has 0 amide bonds. The molecular weight excluding hydrogens is 370 g/mol. The number of oxazole rings is 1. The van der Waals surface area contributed by atoms with Gasteiger partial charge in [-0.3, -0.25) is 4.90 Å². The van der Waals surface area contributed by atoms with Gasteiger partial charge in [0, 0.05) is 32.7 Å². The van der Waals surface area contributed by atoms with Gasteiger partial charge < -0.3 is 18.5 Å². The highest BCUT2D eigenvalue weighted by molar-refractivity contribution is 5.55. The molecule has 0 spiro atoms. The first-order valence-electron chi connectivity index (χ1n) is 9.32. The van der Waals surface area contributed by atoms with Gasteiger partial charge in [-0.1, -0.05) is 0 Å². The summed E-state index contributed by atoms with van der Waals surface area (Å²) in [6, 6.07) is 14.8. The van der Waals surface area contributed by atoms with Crippen LogP contribution < -0.4 is 9.64 Å². The third-order valence-corrected chi connectivity index (χ3v) is 4.77. The van der Waals surface area contributed by atoms with Crippen LogP contribution in [0, 0.1) is 22.7 Å². The number of piperazine rings is 1. The molecule has 0 N–H and O–H groups in total. The van der Waals surface area contributed by atoms with Crippen LogP contribution in [0.2, 0.25) is 0 Å². The molecule has 0 bridgehead atoms. The van der Waals surface area contributed by atoms with Gasteiger partial charge in [0.25, 0.3) is 5.89 Å². The Bertz CT molecular complexity index is 1020. The highest BCUT2D eigenvalue weighted by Gasteiger charge is 2.25. The van der Waals surface area contributed by atoms with E-state index in [-0.39, 0.29) is 5.69 Å². The zero-order chi connectivity index (χ0) is 20.1. The number of nitrogens with zero attached hydrogens (tertiary/aromatic N) is 5. The molecule has 4 rings (SSSR count). The van der Waals surface area contributed by atoms with Crippen LogP contribution in [0.4, 0.5) is 5.88 Å². The largest absolute Gasteiger partial charge is 0.492 e. The average molecular weight is 389 g/mol. The zero-order valence-corrected chi connectivity index (χ0v) is 15.7. The van der Waals surface area contributed by atoms with Crippen LogP contribution in [0.1, 0.15) is 11.3 Å². The molecule has 1 aliphatic rings. The molecule has 8 heteroatoms. The van der Waals surface area contributed by atoms with Crippen molar-refractivity contribution in [2.75, 3.05) is 44.2 Å². The third-order valence-electron chi connectivity index (χ3n) is 4.77. The first kappa shape index (κ1) is 18.6. The van der Waals surface area contributed by atoms with E-state index in [9.17, 15) is 5.26 Å². The molecule has 1 aromatic carbocycles. The summed E-state index contributed by atoms with van der Waals surface area (Å²) < 4.78 is 16.9. The number of ether oxygens (including phenoxy) is 1. The lowest BCUT2D eigenvalue weighted by Crippen LogP contribution is -2.47. The van der Waals surface area contributed by atoms with Gasteiger partial charge in [-0.2, -0.15) is 15.5 Å². The van der Waals surface area contributed by atoms with Crippen LogP contribution in [-0.2, 0) is 0 Å². The van der Waals surface area contributed by atoms with Gasteiger partial charge in [0.05, 0.1) is 17.9 Å². The van der Waals surface area contributed by atoms with Crippen molar-refractivity contribution >= 4 is 5.88 Å². The van der Waals surface area contributed by atoms with Crippen molar-refractivity contribution in [2.45, 2.75) is 0 Å². The van der Waals surface area contributed by atoms with Gasteiger partial charge in [-0.15, -0.1) is 0 Å². The maximum absolute atomic E-state index is 9.39. The number of rotatable bonds is 6. The predicted octanol–water partition coefficient (Wildman–Crippen LogP) is 2.88. The lowest BCUT2D eigenvalue weighted by molar-refractivity contribution is 0.199. The smallest absolute Gasteiger partial charge is 0.266 e. The third kappa shape index (κ3) is 4.23. The molecule has 0 saturated carbocycles. The SMILES string of the molecule is N#Cc1ccc(OCCN2CCN(c3oc(-c4ccco4)nc3C#N)CC2)cc1. The number of anilines is 1. The molecule has 0 atom stereocenters. The average Bonchev–Trinajstić information content (AvgIpc) is 3.44. The van der Waals surface area contributed by atoms with Gasteiger partial charge >= 0.3 is 0 Å². The molecule has 29 heavy (non-hydrogen) atoms. The van der Waals surface area contributed by atoms with Crippen LogP contribution in [0.25, 0.3) is 11.7 Å². The van der Waals surface area contributed by atoms with Crippen LogP contribution in [-0.4, -0.2) is 49.2 Å². The molecule has 3 aromatic rings. The lowest BCUT2D eigenvalue weighted by Gasteiger charge is -2.34. The van der Waals surface area contributed by atoms with Crippen molar-refractivity contribution in [1.82, 2.24) is 9.88 Å². The highest BCUT2D eigenvalue weighted by atomic mass is 16.5. The van der Waals surface area contributed by atoms with Gasteiger partial charge in [0.15, 0.2) is 5.76 Å². The Morgan fingerprint density at radius 3 is 2.48 bits per heavy atom. The summed E-state index contributed by atoms with van der Waals surface area (Å²) in [5.41, 5.74) is 0.891. The van der Waals surface area contributed by atoms with Crippen molar-refractivity contribution in [2.24, 2.45) is 0 Å². The number of nitriles is 2. The van der Waals surface area contributed by atoms with E-state index >= 15 is 0 Å². The molecular formula is C21H19N5O3. The first-order valence-corrected chi connectivity index (χ1v) is 9.32. The minimum Gasteiger partial charge on any atom is -0.492 e. The lowest BCUT2D eigenvalue weighted by atomic mass is 10.2. The normalized spacial score (nSPS) is 14.3. The van der Waals surface area contributed by atoms with Gasteiger partial charge in [-0.25, -0.2) is 0 Å². The second-order valence-corrected chi connectivity index (χ2v) is 6.58. The summed E-state index contributed by atoms with van der Waals surface area (Å²) in [5, 5.41) is 18.2. The van der Waals surface area contributed by atoms with E-state index in [0.29, 0.717) is 29.7 Å². The Morgan fingerprint density at radius 2 is 1.83 bits per heavy atom. The minimum atomic E-state index is 0.272. The summed E-state index contributed by atoms with van der Waals surface area (Å²) in [6.45, 7) is 4.50. The minimum absolute atomic E-state index is 0.272. The molecule has 1 saturated heterocycles. The molecule has 146 valence electrons. The molecule has 0 radical (unpaired) electrons. The monoisotopic (exact) mass is 389 g/mol. The van der Waals surface area contributed by atoms with Crippen molar-refractivity contribution < 1.29 is 13.6 Å². The van der Waals surface area contributed by atoms with Crippen molar-refractivity contribution in [3.63, 3.8) is 0 Å². The number of aromatic nitrogens is 1. The second-order valence-electron chi connectivity index (χ2n) is 6.58. The molecule has 3 heterocycles. The molecule has 0 aliphatic carbocycles. The fourth-order valence-corrected chi connectivity index (χ4v) is 3.20. The van der Waals surface area contributed by atoms with Gasteiger partial charge in [-0.05, 0) is 36.4 Å². The Kier molecular flexibility index (Phi) is 5.46. The molecule has 2 aromatic heterocycles. The summed E-state index contributed by atoms with van der Waals surface area (Å²) in [6.07, 6.45) is 1.55. The second kappa shape index (κ2) is 8.51. The summed E-state index contributed by atoms with van der Waals surface area (Å²) in [5.74, 6) is 2.08. The standard InChI is InChI=1S/C21H19N5O3/c22-14-16-3-5-17(6-4-16)27-13-11-25-7-9-26(10-8-25)21-18(15-23)24-20(29-21)19-2-1-12-28-19/h1-6,12H,7-11,13H2. The molecule has 8 nitrogen and oxygen atoms in total. The summed E-state index contributed by atoms with van der Waals surface area (Å²) in [7, 11) is 0. The van der Waals surface area contributed by atoms with Crippen molar-refractivity contribution in [3.8, 4) is 29.5 Å². The number of hydrogen-bond donors (Lipinski definition) is 0. The molecule has 1 fully saturated rings. The van der Waals surface area contributed by atoms with Crippen molar-refractivity contribution in [3.05, 3.63) is 53.9 Å². The topological polar surface area (TPSA) is 102 Å². The Hall–Kier alpha value is -3.75. The number of furan rings is 1. The Morgan fingerprint density at radius 1 is 1.03 bits per heavy atom. The first-order chi connectivity index (χ1) is 14.3. The van der Waals surface area contributed by atoms with E-state index in [1.807, 2.05) is 4.90 Å². The quantitative estimate of drug-likeness (QED) is 0.634. The van der Waals surface area contributed by atoms with Crippen molar-refractivity contribution in [1.29, 1.82) is 10.5 Å². The van der Waals surface area contributed by atoms with Gasteiger partial charge in [0.2, 0.25) is 11.6 Å². The zero-order valence-electron chi connectivity index (χ0n) is 15.7. The maximum atomic E-state index is 9.39. The van der Waals surface area contributed by atoms with E-state index in [4.69, 9.17) is 18.8 Å². The maximum Gasteiger partial charge on any atom is 0.266 e. The van der Waals surface area contributed by atoms with E-state index < -0.39 is 0 Å². The fraction of sp³-hybridized carbons (Fsp3) is 0.286. The molecule has 0 unspecified atom stereocenters. The predicted molar refractivity (Wildman–Crippen MR) is 104 cm³/mol. The van der Waals surface area contributed by atoms with Crippen LogP contribution in [0.5, 0.6) is 5.75 Å². The Labute approximate surface area is 168 Å². The summed E-state index contributed by atoms with van der Waals surface area (Å²) >= 11 is 0. The Balaban J connectivity index is 1.29. The van der Waals surface area contributed by atoms with E-state index in [0.717, 1.165) is 38.5 Å². The van der Waals surface area contributed by atoms with E-state index in [2.05, 4.69) is 22.0 Å². The highest BCUT2D eigenvalue weighted by Crippen LogP contribution is 2.29. The van der Waals surface area contributed by atoms with Crippen LogP contribution >= 0.6 is 0 Å². The summed E-state index contributed by atoms with van der Waals surface area (Å²) in [4.78, 5) is 8.58. The number of hydrogen-bond acceptors (Lipinski definition) is 8. The van der Waals surface area contributed by atoms with Gasteiger partial charge in [0.1, 0.15) is 18.4 Å². The van der Waals surface area contributed by atoms with E-state index in [1.54, 1.807) is 42.7 Å². The fourth-order valence-electron chi connectivity index (χ4n) is 3.20.